The number of amides is 1. The Bertz CT molecular complexity index is 567. The summed E-state index contributed by atoms with van der Waals surface area (Å²) in [6.07, 6.45) is 4.55. The van der Waals surface area contributed by atoms with Gasteiger partial charge in [0.25, 0.3) is 0 Å². The lowest BCUT2D eigenvalue weighted by molar-refractivity contribution is -0.139. The number of ether oxygens (including phenoxy) is 2. The maximum absolute atomic E-state index is 12.8. The Labute approximate surface area is 150 Å². The number of carbonyl (C=O) groups is 1. The number of benzene rings is 1. The van der Waals surface area contributed by atoms with E-state index < -0.39 is 0 Å². The van der Waals surface area contributed by atoms with Crippen molar-refractivity contribution in [2.45, 2.75) is 57.3 Å². The van der Waals surface area contributed by atoms with Crippen molar-refractivity contribution in [2.75, 3.05) is 20.2 Å². The van der Waals surface area contributed by atoms with Crippen LogP contribution in [0.2, 0.25) is 0 Å². The summed E-state index contributed by atoms with van der Waals surface area (Å²) in [6.45, 7) is 3.61. The smallest absolute Gasteiger partial charge is 0.225 e. The fourth-order valence-corrected chi connectivity index (χ4v) is 3.96. The van der Waals surface area contributed by atoms with Crippen molar-refractivity contribution in [1.82, 2.24) is 4.90 Å². The molecule has 3 atom stereocenters. The quantitative estimate of drug-likeness (QED) is 0.910. The fraction of sp³-hybridized carbons (Fsp3) is 0.650. The highest BCUT2D eigenvalue weighted by Crippen LogP contribution is 2.28. The highest BCUT2D eigenvalue weighted by Gasteiger charge is 2.35. The molecule has 138 valence electrons. The number of likely N-dealkylation sites (tertiary alicyclic amines) is 1. The van der Waals surface area contributed by atoms with Crippen LogP contribution in [0.5, 0.6) is 5.75 Å². The van der Waals surface area contributed by atoms with Gasteiger partial charge in [-0.05, 0) is 38.3 Å². The molecule has 0 bridgehead atoms. The van der Waals surface area contributed by atoms with Gasteiger partial charge in [-0.1, -0.05) is 17.7 Å². The Morgan fingerprint density at radius 2 is 1.80 bits per heavy atom. The van der Waals surface area contributed by atoms with Gasteiger partial charge in [-0.2, -0.15) is 0 Å². The molecule has 0 radical (unpaired) electrons. The molecule has 25 heavy (non-hydrogen) atoms. The van der Waals surface area contributed by atoms with E-state index in [9.17, 15) is 4.79 Å². The molecule has 2 N–H and O–H groups in total. The minimum Gasteiger partial charge on any atom is -0.490 e. The van der Waals surface area contributed by atoms with Crippen LogP contribution in [-0.2, 0) is 9.53 Å². The standard InChI is InChI=1S/C20H30N2O3/c1-14-3-6-16(7-4-14)25-17-9-11-22(12-10-17)20(23)15-5-8-19(24-2)18(21)13-15/h3-4,6-7,15,17-19H,5,8-13,21H2,1-2H3/t15-,18+,19+/m0/s1. The van der Waals surface area contributed by atoms with Crippen molar-refractivity contribution in [2.24, 2.45) is 11.7 Å². The highest BCUT2D eigenvalue weighted by molar-refractivity contribution is 5.79. The fourth-order valence-electron chi connectivity index (χ4n) is 3.96. The minimum atomic E-state index is -0.0323. The van der Waals surface area contributed by atoms with Crippen molar-refractivity contribution in [3.05, 3.63) is 29.8 Å². The first-order chi connectivity index (χ1) is 12.1. The van der Waals surface area contributed by atoms with Crippen LogP contribution in [0.25, 0.3) is 0 Å². The van der Waals surface area contributed by atoms with Crippen molar-refractivity contribution in [3.8, 4) is 5.75 Å². The summed E-state index contributed by atoms with van der Waals surface area (Å²) in [6, 6.07) is 8.13. The number of carbonyl (C=O) groups excluding carboxylic acids is 1. The molecule has 1 aliphatic heterocycles. The van der Waals surface area contributed by atoms with Crippen molar-refractivity contribution < 1.29 is 14.3 Å². The van der Waals surface area contributed by atoms with E-state index in [4.69, 9.17) is 15.2 Å². The van der Waals surface area contributed by atoms with E-state index in [0.717, 1.165) is 50.9 Å². The molecule has 1 saturated heterocycles. The molecule has 1 heterocycles. The predicted molar refractivity (Wildman–Crippen MR) is 97.5 cm³/mol. The lowest BCUT2D eigenvalue weighted by Crippen LogP contribution is -2.49. The summed E-state index contributed by atoms with van der Waals surface area (Å²) in [4.78, 5) is 14.8. The normalized spacial score (nSPS) is 28.0. The maximum atomic E-state index is 12.8. The van der Waals surface area contributed by atoms with Gasteiger partial charge in [-0.3, -0.25) is 4.79 Å². The lowest BCUT2D eigenvalue weighted by Gasteiger charge is -2.38. The predicted octanol–water partition coefficient (Wildman–Crippen LogP) is 2.51. The first-order valence-electron chi connectivity index (χ1n) is 9.37. The van der Waals surface area contributed by atoms with Crippen LogP contribution in [0.1, 0.15) is 37.7 Å². The van der Waals surface area contributed by atoms with Gasteiger partial charge in [0.2, 0.25) is 5.91 Å². The molecule has 5 nitrogen and oxygen atoms in total. The van der Waals surface area contributed by atoms with Gasteiger partial charge in [-0.15, -0.1) is 0 Å². The summed E-state index contributed by atoms with van der Waals surface area (Å²) in [7, 11) is 1.70. The maximum Gasteiger partial charge on any atom is 0.225 e. The minimum absolute atomic E-state index is 0.0323. The Kier molecular flexibility index (Phi) is 5.97. The SMILES string of the molecule is CO[C@@H]1CC[C@H](C(=O)N2CCC(Oc3ccc(C)cc3)CC2)C[C@H]1N. The van der Waals surface area contributed by atoms with Gasteiger partial charge in [0.1, 0.15) is 11.9 Å². The largest absolute Gasteiger partial charge is 0.490 e. The molecule has 1 aromatic rings. The number of hydrogen-bond donors (Lipinski definition) is 1. The van der Waals surface area contributed by atoms with Crippen LogP contribution in [0.4, 0.5) is 0 Å². The summed E-state index contributed by atoms with van der Waals surface area (Å²) in [5, 5.41) is 0. The van der Waals surface area contributed by atoms with Gasteiger partial charge >= 0.3 is 0 Å². The highest BCUT2D eigenvalue weighted by atomic mass is 16.5. The first kappa shape index (κ1) is 18.2. The monoisotopic (exact) mass is 346 g/mol. The zero-order chi connectivity index (χ0) is 17.8. The average molecular weight is 346 g/mol. The molecular weight excluding hydrogens is 316 g/mol. The molecule has 0 unspecified atom stereocenters. The van der Waals surface area contributed by atoms with Crippen LogP contribution >= 0.6 is 0 Å². The molecule has 1 aromatic carbocycles. The molecule has 3 rings (SSSR count). The molecule has 2 fully saturated rings. The second-order valence-corrected chi connectivity index (χ2v) is 7.40. The number of hydrogen-bond acceptors (Lipinski definition) is 4. The van der Waals surface area contributed by atoms with Crippen LogP contribution < -0.4 is 10.5 Å². The topological polar surface area (TPSA) is 64.8 Å². The Morgan fingerprint density at radius 1 is 1.12 bits per heavy atom. The third-order valence-corrected chi connectivity index (χ3v) is 5.56. The number of nitrogens with two attached hydrogens (primary N) is 1. The van der Waals surface area contributed by atoms with Crippen molar-refractivity contribution in [1.29, 1.82) is 0 Å². The second-order valence-electron chi connectivity index (χ2n) is 7.40. The summed E-state index contributed by atoms with van der Waals surface area (Å²) < 4.78 is 11.4. The van der Waals surface area contributed by atoms with E-state index in [1.807, 2.05) is 17.0 Å². The van der Waals surface area contributed by atoms with Crippen LogP contribution in [0, 0.1) is 12.8 Å². The van der Waals surface area contributed by atoms with Gasteiger partial charge in [0.05, 0.1) is 6.10 Å². The van der Waals surface area contributed by atoms with E-state index >= 15 is 0 Å². The molecule has 1 saturated carbocycles. The summed E-state index contributed by atoms with van der Waals surface area (Å²) >= 11 is 0. The van der Waals surface area contributed by atoms with E-state index in [1.54, 1.807) is 7.11 Å². The third kappa shape index (κ3) is 4.53. The van der Waals surface area contributed by atoms with E-state index in [0.29, 0.717) is 0 Å². The van der Waals surface area contributed by atoms with E-state index in [2.05, 4.69) is 19.1 Å². The number of nitrogens with zero attached hydrogens (tertiary/aromatic N) is 1. The number of piperidine rings is 1. The summed E-state index contributed by atoms with van der Waals surface area (Å²) in [5.41, 5.74) is 7.38. The van der Waals surface area contributed by atoms with E-state index in [-0.39, 0.29) is 30.1 Å². The molecular formula is C20H30N2O3. The van der Waals surface area contributed by atoms with Crippen LogP contribution in [0.3, 0.4) is 0 Å². The van der Waals surface area contributed by atoms with Gasteiger partial charge < -0.3 is 20.1 Å². The zero-order valence-electron chi connectivity index (χ0n) is 15.3. The molecule has 1 aliphatic carbocycles. The molecule has 5 heteroatoms. The van der Waals surface area contributed by atoms with E-state index in [1.165, 1.54) is 5.56 Å². The first-order valence-corrected chi connectivity index (χ1v) is 9.37. The number of rotatable bonds is 4. The second kappa shape index (κ2) is 8.19. The zero-order valence-corrected chi connectivity index (χ0v) is 15.3. The molecule has 0 aromatic heterocycles. The number of methoxy groups -OCH3 is 1. The molecule has 1 amide bonds. The van der Waals surface area contributed by atoms with Gasteiger partial charge in [0, 0.05) is 45.0 Å². The van der Waals surface area contributed by atoms with Gasteiger partial charge in [0.15, 0.2) is 0 Å². The Balaban J connectivity index is 1.47. The average Bonchev–Trinajstić information content (AvgIpc) is 2.63. The van der Waals surface area contributed by atoms with Crippen LogP contribution in [-0.4, -0.2) is 49.3 Å². The lowest BCUT2D eigenvalue weighted by atomic mass is 9.83. The van der Waals surface area contributed by atoms with Gasteiger partial charge in [-0.25, -0.2) is 0 Å². The van der Waals surface area contributed by atoms with Crippen LogP contribution in [0.15, 0.2) is 24.3 Å². The Hall–Kier alpha value is -1.59. The van der Waals surface area contributed by atoms with Crippen molar-refractivity contribution >= 4 is 5.91 Å². The Morgan fingerprint density at radius 3 is 2.40 bits per heavy atom. The third-order valence-electron chi connectivity index (χ3n) is 5.56. The molecule has 0 spiro atoms. The number of aryl methyl sites for hydroxylation is 1. The molecule has 2 aliphatic rings. The summed E-state index contributed by atoms with van der Waals surface area (Å²) in [5.74, 6) is 1.23. The van der Waals surface area contributed by atoms with Crippen molar-refractivity contribution in [3.63, 3.8) is 0 Å².